The number of carbonyl (C=O) groups excluding carboxylic acids is 1. The number of carboxylic acids is 1. The molecule has 4 heterocycles. The Hall–Kier alpha value is -4.66. The Labute approximate surface area is 213 Å². The molecule has 0 spiro atoms. The van der Waals surface area contributed by atoms with E-state index < -0.39 is 5.97 Å². The molecule has 6 rings (SSSR count). The lowest BCUT2D eigenvalue weighted by molar-refractivity contribution is 0.0695. The molecule has 3 aromatic heterocycles. The molecule has 0 bridgehead atoms. The maximum absolute atomic E-state index is 13.7. The fourth-order valence-corrected chi connectivity index (χ4v) is 5.17. The molecule has 2 N–H and O–H groups in total. The number of benzene rings is 2. The number of rotatable bonds is 5. The summed E-state index contributed by atoms with van der Waals surface area (Å²) in [5, 5.41) is 18.2. The second-order valence-electron chi connectivity index (χ2n) is 9.42. The van der Waals surface area contributed by atoms with Crippen LogP contribution < -0.4 is 5.32 Å². The molecule has 0 unspecified atom stereocenters. The molecule has 1 aliphatic rings. The third kappa shape index (κ3) is 4.08. The summed E-state index contributed by atoms with van der Waals surface area (Å²) in [5.41, 5.74) is 3.64. The van der Waals surface area contributed by atoms with Crippen molar-refractivity contribution in [3.05, 3.63) is 89.9 Å². The number of aryl methyl sites for hydroxylation is 1. The van der Waals surface area contributed by atoms with E-state index in [1.54, 1.807) is 0 Å². The maximum Gasteiger partial charge on any atom is 0.341 e. The van der Waals surface area contributed by atoms with E-state index in [0.717, 1.165) is 29.4 Å². The van der Waals surface area contributed by atoms with Crippen LogP contribution in [0.2, 0.25) is 0 Å². The number of amides is 1. The number of carboxylic acid groups (broad SMARTS) is 1. The number of likely N-dealkylation sites (tertiary alicyclic amines) is 1. The molecule has 5 aromatic rings. The van der Waals surface area contributed by atoms with Crippen molar-refractivity contribution < 1.29 is 14.7 Å². The lowest BCUT2D eigenvalue weighted by Gasteiger charge is -2.32. The number of anilines is 2. The second-order valence-corrected chi connectivity index (χ2v) is 9.42. The molecule has 37 heavy (non-hydrogen) atoms. The zero-order valence-corrected chi connectivity index (χ0v) is 20.3. The van der Waals surface area contributed by atoms with E-state index in [1.807, 2.05) is 65.2 Å². The van der Waals surface area contributed by atoms with Gasteiger partial charge in [-0.3, -0.25) is 4.79 Å². The number of hydrogen-bond acceptors (Lipinski definition) is 5. The van der Waals surface area contributed by atoms with Gasteiger partial charge in [0, 0.05) is 49.1 Å². The first-order valence-electron chi connectivity index (χ1n) is 12.3. The minimum absolute atomic E-state index is 0.0239. The minimum atomic E-state index is -1.12. The zero-order chi connectivity index (χ0) is 25.5. The van der Waals surface area contributed by atoms with Gasteiger partial charge in [0.05, 0.1) is 6.20 Å². The molecule has 1 amide bonds. The first-order chi connectivity index (χ1) is 18.0. The predicted molar refractivity (Wildman–Crippen MR) is 140 cm³/mol. The quantitative estimate of drug-likeness (QED) is 0.368. The summed E-state index contributed by atoms with van der Waals surface area (Å²) in [6.45, 7) is 1.26. The van der Waals surface area contributed by atoms with Crippen LogP contribution in [0.15, 0.2) is 73.2 Å². The monoisotopic (exact) mass is 494 g/mol. The fraction of sp³-hybridized carbons (Fsp3) is 0.214. The predicted octanol–water partition coefficient (Wildman–Crippen LogP) is 4.68. The Morgan fingerprint density at radius 3 is 2.54 bits per heavy atom. The van der Waals surface area contributed by atoms with Gasteiger partial charge in [-0.05, 0) is 48.6 Å². The maximum atomic E-state index is 13.7. The van der Waals surface area contributed by atoms with Crippen LogP contribution in [-0.2, 0) is 7.05 Å². The van der Waals surface area contributed by atoms with Gasteiger partial charge >= 0.3 is 5.97 Å². The highest BCUT2D eigenvalue weighted by Crippen LogP contribution is 2.31. The Bertz CT molecular complexity index is 1630. The van der Waals surface area contributed by atoms with Gasteiger partial charge in [-0.25, -0.2) is 9.78 Å². The Kier molecular flexibility index (Phi) is 5.60. The standard InChI is InChI=1S/C28H26N6O3/c1-32-12-9-20-15-21(7-8-24(20)32)31-26-22(16-29-25-23(28(36)37)17-30-34(25)26)27(35)33-13-10-19(11-14-33)18-5-3-2-4-6-18/h2-9,12,15-17,19,31H,10-11,13-14H2,1H3,(H,36,37). The number of aromatic carboxylic acids is 1. The lowest BCUT2D eigenvalue weighted by Crippen LogP contribution is -2.38. The van der Waals surface area contributed by atoms with Gasteiger partial charge in [0.15, 0.2) is 5.65 Å². The molecule has 0 radical (unpaired) electrons. The summed E-state index contributed by atoms with van der Waals surface area (Å²) in [6.07, 6.45) is 6.46. The van der Waals surface area contributed by atoms with Gasteiger partial charge in [-0.2, -0.15) is 9.61 Å². The molecule has 0 aliphatic carbocycles. The Balaban J connectivity index is 1.34. The van der Waals surface area contributed by atoms with Crippen LogP contribution in [-0.4, -0.2) is 54.1 Å². The van der Waals surface area contributed by atoms with Crippen molar-refractivity contribution in [3.8, 4) is 0 Å². The van der Waals surface area contributed by atoms with Crippen LogP contribution in [0.25, 0.3) is 16.6 Å². The highest BCUT2D eigenvalue weighted by atomic mass is 16.4. The smallest absolute Gasteiger partial charge is 0.341 e. The van der Waals surface area contributed by atoms with Crippen LogP contribution in [0.1, 0.15) is 45.0 Å². The number of aromatic nitrogens is 4. The van der Waals surface area contributed by atoms with Gasteiger partial charge in [-0.1, -0.05) is 30.3 Å². The van der Waals surface area contributed by atoms with Crippen LogP contribution in [0, 0.1) is 0 Å². The number of nitrogens with one attached hydrogen (secondary N) is 1. The summed E-state index contributed by atoms with van der Waals surface area (Å²) >= 11 is 0. The molecule has 9 heteroatoms. The van der Waals surface area contributed by atoms with Gasteiger partial charge in [0.1, 0.15) is 16.9 Å². The first kappa shape index (κ1) is 22.8. The van der Waals surface area contributed by atoms with E-state index in [1.165, 1.54) is 22.5 Å². The van der Waals surface area contributed by atoms with E-state index in [9.17, 15) is 14.7 Å². The third-order valence-electron chi connectivity index (χ3n) is 7.19. The molecular weight excluding hydrogens is 468 g/mol. The summed E-state index contributed by atoms with van der Waals surface area (Å²) < 4.78 is 3.44. The molecule has 1 saturated heterocycles. The fourth-order valence-electron chi connectivity index (χ4n) is 5.17. The molecule has 9 nitrogen and oxygen atoms in total. The van der Waals surface area contributed by atoms with Crippen LogP contribution >= 0.6 is 0 Å². The van der Waals surface area contributed by atoms with Gasteiger partial charge in [0.2, 0.25) is 0 Å². The summed E-state index contributed by atoms with van der Waals surface area (Å²) in [5.74, 6) is -0.467. The Morgan fingerprint density at radius 1 is 1.00 bits per heavy atom. The van der Waals surface area contributed by atoms with Gasteiger partial charge < -0.3 is 19.9 Å². The van der Waals surface area contributed by atoms with E-state index in [2.05, 4.69) is 27.5 Å². The number of hydrogen-bond donors (Lipinski definition) is 2. The molecular formula is C28H26N6O3. The largest absolute Gasteiger partial charge is 0.477 e. The van der Waals surface area contributed by atoms with Crippen LogP contribution in [0.5, 0.6) is 0 Å². The molecule has 2 aromatic carbocycles. The van der Waals surface area contributed by atoms with Crippen molar-refractivity contribution in [2.24, 2.45) is 7.05 Å². The SMILES string of the molecule is Cn1ccc2cc(Nc3c(C(=O)N4CCC(c5ccccc5)CC4)cnc4c(C(=O)O)cnn34)ccc21. The van der Waals surface area contributed by atoms with E-state index in [-0.39, 0.29) is 17.1 Å². The third-order valence-corrected chi connectivity index (χ3v) is 7.19. The number of nitrogens with zero attached hydrogens (tertiary/aromatic N) is 5. The molecule has 0 saturated carbocycles. The van der Waals surface area contributed by atoms with Crippen molar-refractivity contribution in [2.75, 3.05) is 18.4 Å². The van der Waals surface area contributed by atoms with E-state index >= 15 is 0 Å². The number of carbonyl (C=O) groups is 2. The highest BCUT2D eigenvalue weighted by Gasteiger charge is 2.28. The van der Waals surface area contributed by atoms with Crippen LogP contribution in [0.3, 0.4) is 0 Å². The number of piperidine rings is 1. The highest BCUT2D eigenvalue weighted by molar-refractivity contribution is 6.01. The molecule has 0 atom stereocenters. The van der Waals surface area contributed by atoms with Crippen molar-refractivity contribution >= 4 is 39.9 Å². The summed E-state index contributed by atoms with van der Waals surface area (Å²) in [7, 11) is 1.98. The topological polar surface area (TPSA) is 105 Å². The van der Waals surface area contributed by atoms with E-state index in [4.69, 9.17) is 0 Å². The summed E-state index contributed by atoms with van der Waals surface area (Å²) in [4.78, 5) is 31.6. The van der Waals surface area contributed by atoms with Crippen molar-refractivity contribution in [1.29, 1.82) is 0 Å². The van der Waals surface area contributed by atoms with Crippen molar-refractivity contribution in [2.45, 2.75) is 18.8 Å². The Morgan fingerprint density at radius 2 is 1.78 bits per heavy atom. The van der Waals surface area contributed by atoms with Crippen LogP contribution in [0.4, 0.5) is 11.5 Å². The second kappa shape index (κ2) is 9.09. The molecule has 186 valence electrons. The molecule has 1 fully saturated rings. The summed E-state index contributed by atoms with van der Waals surface area (Å²) in [6, 6.07) is 18.3. The van der Waals surface area contributed by atoms with Crippen molar-refractivity contribution in [1.82, 2.24) is 24.1 Å². The lowest BCUT2D eigenvalue weighted by atomic mass is 9.89. The first-order valence-corrected chi connectivity index (χ1v) is 12.3. The average molecular weight is 495 g/mol. The molecule has 1 aliphatic heterocycles. The normalized spacial score (nSPS) is 14.4. The van der Waals surface area contributed by atoms with Crippen molar-refractivity contribution in [3.63, 3.8) is 0 Å². The average Bonchev–Trinajstić information content (AvgIpc) is 3.53. The minimum Gasteiger partial charge on any atom is -0.477 e. The van der Waals surface area contributed by atoms with Gasteiger partial charge in [0.25, 0.3) is 5.91 Å². The zero-order valence-electron chi connectivity index (χ0n) is 20.3. The number of fused-ring (bicyclic) bond motifs is 2. The van der Waals surface area contributed by atoms with E-state index in [0.29, 0.717) is 30.4 Å². The van der Waals surface area contributed by atoms with Gasteiger partial charge in [-0.15, -0.1) is 0 Å².